The molecule has 3 saturated heterocycles. The highest BCUT2D eigenvalue weighted by Crippen LogP contribution is 2.42. The summed E-state index contributed by atoms with van der Waals surface area (Å²) in [6, 6.07) is 37.6. The first-order valence-corrected chi connectivity index (χ1v) is 49.4. The second-order valence-corrected chi connectivity index (χ2v) is 40.3. The van der Waals surface area contributed by atoms with E-state index in [9.17, 15) is 29.3 Å². The molecule has 8 aromatic heterocycles. The van der Waals surface area contributed by atoms with Crippen molar-refractivity contribution in [3.63, 3.8) is 0 Å². The number of anilines is 5. The number of aromatic nitrogens is 16. The van der Waals surface area contributed by atoms with E-state index in [4.69, 9.17) is 111 Å². The van der Waals surface area contributed by atoms with E-state index in [-0.39, 0.29) is 40.1 Å². The van der Waals surface area contributed by atoms with Crippen LogP contribution in [0, 0.1) is 17.0 Å². The lowest BCUT2D eigenvalue weighted by molar-refractivity contribution is -0.384. The van der Waals surface area contributed by atoms with E-state index >= 15 is 0 Å². The fourth-order valence-electron chi connectivity index (χ4n) is 17.9. The van der Waals surface area contributed by atoms with Gasteiger partial charge in [0.1, 0.15) is 22.1 Å². The molecule has 20 rings (SSSR count). The molecule has 0 spiro atoms. The Morgan fingerprint density at radius 1 is 0.511 bits per heavy atom. The molecular formula is C100H120BCl4N23O13. The van der Waals surface area contributed by atoms with Crippen LogP contribution in [-0.4, -0.2) is 196 Å². The number of carbonyl (C=O) groups is 4. The van der Waals surface area contributed by atoms with Gasteiger partial charge in [0, 0.05) is 71.9 Å². The maximum absolute atomic E-state index is 12.8. The Morgan fingerprint density at radius 3 is 1.28 bits per heavy atom. The third kappa shape index (κ3) is 25.2. The van der Waals surface area contributed by atoms with Gasteiger partial charge in [-0.25, -0.2) is 57.8 Å². The highest BCUT2D eigenvalue weighted by atomic mass is 35.5. The first-order chi connectivity index (χ1) is 67.3. The molecule has 4 saturated carbocycles. The Morgan fingerprint density at radius 2 is 0.887 bits per heavy atom. The second kappa shape index (κ2) is 44.9. The van der Waals surface area contributed by atoms with Crippen LogP contribution in [0.1, 0.15) is 216 Å². The molecule has 36 nitrogen and oxygen atoms in total. The summed E-state index contributed by atoms with van der Waals surface area (Å²) >= 11 is 22.9. The summed E-state index contributed by atoms with van der Waals surface area (Å²) in [7, 11) is 1.05. The number of nitrogens with two attached hydrogens (primary N) is 1. The lowest BCUT2D eigenvalue weighted by atomic mass is 9.79. The van der Waals surface area contributed by atoms with Crippen molar-refractivity contribution >= 4 is 161 Å². The molecule has 4 N–H and O–H groups in total. The number of ether oxygens (including phenoxy) is 5. The van der Waals surface area contributed by atoms with Crippen molar-refractivity contribution < 1.29 is 57.1 Å². The number of nitrogens with one attached hydrogen (secondary N) is 2. The van der Waals surface area contributed by atoms with E-state index in [1.807, 2.05) is 104 Å². The van der Waals surface area contributed by atoms with Gasteiger partial charge < -0.3 is 59.2 Å². The summed E-state index contributed by atoms with van der Waals surface area (Å²) in [5, 5.41) is 38.5. The third-order valence-corrected chi connectivity index (χ3v) is 26.6. The van der Waals surface area contributed by atoms with Gasteiger partial charge in [0.05, 0.1) is 148 Å². The number of benzene rings is 5. The van der Waals surface area contributed by atoms with E-state index < -0.39 is 52.1 Å². The summed E-state index contributed by atoms with van der Waals surface area (Å²) < 4.78 is 46.8. The zero-order chi connectivity index (χ0) is 100. The maximum atomic E-state index is 12.8. The average molecular weight is 2000 g/mol. The number of hydrogen-bond acceptors (Lipinski definition) is 28. The van der Waals surface area contributed by atoms with Gasteiger partial charge in [-0.3, -0.25) is 10.1 Å². The number of nitrogens with zero attached hydrogens (tertiary/aromatic N) is 20. The molecule has 141 heavy (non-hydrogen) atoms. The van der Waals surface area contributed by atoms with Gasteiger partial charge in [-0.1, -0.05) is 129 Å². The molecule has 0 unspecified atom stereocenters. The van der Waals surface area contributed by atoms with Crippen LogP contribution < -0.4 is 41.3 Å². The molecule has 4 amide bonds. The van der Waals surface area contributed by atoms with Gasteiger partial charge in [-0.15, -0.1) is 0 Å². The lowest BCUT2D eigenvalue weighted by Gasteiger charge is -2.33. The molecule has 7 aliphatic rings. The van der Waals surface area contributed by atoms with E-state index in [1.54, 1.807) is 79.1 Å². The molecule has 13 aromatic rings. The van der Waals surface area contributed by atoms with Crippen LogP contribution >= 0.6 is 46.4 Å². The number of aryl methyl sites for hydroxylation is 1. The predicted molar refractivity (Wildman–Crippen MR) is 547 cm³/mol. The molecule has 11 heterocycles. The first kappa shape index (κ1) is 103. The van der Waals surface area contributed by atoms with Gasteiger partial charge in [0.2, 0.25) is 22.5 Å². The van der Waals surface area contributed by atoms with Crippen molar-refractivity contribution in [1.82, 2.24) is 84.3 Å². The number of imide groups is 1. The Balaban J connectivity index is 0.000000131. The van der Waals surface area contributed by atoms with Crippen molar-refractivity contribution in [1.29, 1.82) is 0 Å². The molecule has 4 aliphatic carbocycles. The normalized spacial score (nSPS) is 17.7. The summed E-state index contributed by atoms with van der Waals surface area (Å²) in [5.41, 5.74) is 15.3. The molecule has 41 heteroatoms. The number of halogens is 4. The largest absolute Gasteiger partial charge is 0.494 e. The highest BCUT2D eigenvalue weighted by molar-refractivity contribution is 6.62. The fourth-order valence-corrected chi connectivity index (χ4v) is 18.5. The highest BCUT2D eigenvalue weighted by Gasteiger charge is 2.52. The van der Waals surface area contributed by atoms with Crippen LogP contribution in [0.2, 0.25) is 15.7 Å². The fraction of sp³-hybridized carbons (Fsp3) is 0.460. The molecule has 0 radical (unpaired) electrons. The molecule has 5 aromatic carbocycles. The number of nitro benzene ring substituents is 1. The number of rotatable bonds is 14. The molecule has 7 fully saturated rings. The number of amides is 4. The maximum Gasteiger partial charge on any atom is 0.494 e. The van der Waals surface area contributed by atoms with Crippen molar-refractivity contribution in [2.45, 2.75) is 251 Å². The number of morpholine rings is 2. The zero-order valence-electron chi connectivity index (χ0n) is 81.8. The molecular weight excluding hydrogens is 1880 g/mol. The lowest BCUT2D eigenvalue weighted by Crippen LogP contribution is -2.44. The summed E-state index contributed by atoms with van der Waals surface area (Å²) in [6.45, 7) is 29.0. The third-order valence-electron chi connectivity index (χ3n) is 25.8. The van der Waals surface area contributed by atoms with Crippen molar-refractivity contribution in [3.05, 3.63) is 178 Å². The van der Waals surface area contributed by atoms with E-state index in [2.05, 4.69) is 110 Å². The topological polar surface area (TPSA) is 410 Å². The SMILES string of the molecule is CC(C)(C)OC(=O)N(C(=O)OC(C)(C)C)c1ccc(B2OC(C)(C)C(C)(C)O2)cc1.CNC(=O)Nc1ccc(-c2nc(N3CCOC[C@@H]3C)nc3c2cnn3C2CCCC2)cc1.C[C@H]1COCCN1c1nc(-c2ccc(N)cc2)c2cnn(C3CCCC3)c2n1.Cc1ccc(-c2nc(Cl)nc3c2cnn3C2CCCC2)cc1.Clc1nc(Cl)c2cnn(C3CCCC3)c2n1.O=C(Cl)Oc1ccc([N+](=O)[O-])cc1. The Bertz CT molecular complexity index is 6510. The monoisotopic (exact) mass is 2000 g/mol. The van der Waals surface area contributed by atoms with Crippen molar-refractivity contribution in [3.8, 4) is 39.5 Å². The van der Waals surface area contributed by atoms with Crippen molar-refractivity contribution in [2.75, 3.05) is 72.3 Å². The smallest absolute Gasteiger partial charge is 0.443 e. The van der Waals surface area contributed by atoms with Crippen LogP contribution in [0.15, 0.2) is 146 Å². The first-order valence-electron chi connectivity index (χ1n) is 47.9. The van der Waals surface area contributed by atoms with E-state index in [0.29, 0.717) is 61.4 Å². The number of fused-ring (bicyclic) bond motifs is 4. The van der Waals surface area contributed by atoms with Crippen LogP contribution in [0.4, 0.5) is 53.8 Å². The summed E-state index contributed by atoms with van der Waals surface area (Å²) in [6.07, 6.45) is 25.0. The minimum atomic E-state index is -0.978. The number of carbonyl (C=O) groups excluding carboxylic acids is 4. The molecule has 0 bridgehead atoms. The molecule has 3 aliphatic heterocycles. The predicted octanol–water partition coefficient (Wildman–Crippen LogP) is 21.8. The minimum absolute atomic E-state index is 0.0747. The van der Waals surface area contributed by atoms with Gasteiger partial charge >= 0.3 is 30.8 Å². The Labute approximate surface area is 838 Å². The van der Waals surface area contributed by atoms with Crippen molar-refractivity contribution in [2.24, 2.45) is 0 Å². The minimum Gasteiger partial charge on any atom is -0.443 e. The number of nitrogen functional groups attached to an aromatic ring is 1. The van der Waals surface area contributed by atoms with Crippen LogP contribution in [0.3, 0.4) is 0 Å². The van der Waals surface area contributed by atoms with Crippen LogP contribution in [0.5, 0.6) is 5.75 Å². The molecule has 744 valence electrons. The zero-order valence-corrected chi connectivity index (χ0v) is 84.8. The number of non-ortho nitro benzene ring substituents is 1. The summed E-state index contributed by atoms with van der Waals surface area (Å²) in [4.78, 5) is 99.4. The van der Waals surface area contributed by atoms with Gasteiger partial charge in [0.25, 0.3) is 5.69 Å². The second-order valence-electron chi connectivity index (χ2n) is 39.0. The quantitative estimate of drug-likeness (QED) is 0.0173. The van der Waals surface area contributed by atoms with Crippen LogP contribution in [-0.2, 0) is 28.3 Å². The standard InChI is InChI=1S/C23H29N7O2.C22H34BNO6.C21H26N6O.C17H17ClN4.C10H10Cl2N4.C7H4ClNO4/c1-15-14-32-12-11-29(15)22-27-20(16-7-9-17(10-8-16)26-23(31)24-2)19-13-25-30(21(19)28-22)18-5-3-4-6-18;1-19(2,3)27-17(25)24(18(26)28-20(4,5)6)16-13-11-15(12-14-16)23-29-21(7,8)22(9,10)30-23;1-14-13-28-11-10-26(14)21-24-19(15-6-8-16(22)9-7-15)18-12-23-27(20(18)25-21)17-4-2-3-5-17;1-11-6-8-12(9-7-11)15-14-10-19-22(13-4-2-3-5-13)16(14)21-17(18)20-15;11-8-7-5-13-16(6-3-1-2-4-6)9(7)15-10(12)14-8;8-7(10)13-6-3-1-5(2-4-6)9(11)12/h7-10,13,15,18H,3-6,11-12,14H2,1-2H3,(H2,24,26,31);11-14H,1-10H3;6-9,12,14,17H,2-5,10-11,13,22H2,1H3;6-10,13H,2-5H2,1H3;5-6H,1-4H2;1-4H/t15-;;14-;;;/m0.0.../s1. The van der Waals surface area contributed by atoms with E-state index in [1.165, 1.54) is 94.0 Å². The van der Waals surface area contributed by atoms with Gasteiger partial charge in [0.15, 0.2) is 22.6 Å². The summed E-state index contributed by atoms with van der Waals surface area (Å²) in [5.74, 6) is 1.65. The molecule has 2 atom stereocenters. The number of hydrogen-bond donors (Lipinski definition) is 3. The number of urea groups is 1. The van der Waals surface area contributed by atoms with E-state index in [0.717, 1.165) is 163 Å². The van der Waals surface area contributed by atoms with Crippen LogP contribution in [0.25, 0.3) is 77.9 Å². The Kier molecular flexibility index (Phi) is 32.8. The average Bonchev–Trinajstić information content (AvgIpc) is 1.65. The van der Waals surface area contributed by atoms with Gasteiger partial charge in [-0.2, -0.15) is 45.2 Å². The Hall–Kier alpha value is -12.4. The number of nitro groups is 1. The van der Waals surface area contributed by atoms with Gasteiger partial charge in [-0.05, 0) is 219 Å².